The van der Waals surface area contributed by atoms with E-state index in [1.807, 2.05) is 37.3 Å². The van der Waals surface area contributed by atoms with E-state index in [2.05, 4.69) is 19.2 Å². The molecule has 0 aliphatic carbocycles. The second-order valence-corrected chi connectivity index (χ2v) is 7.00. The Hall–Kier alpha value is -2.11. The van der Waals surface area contributed by atoms with Gasteiger partial charge in [0.25, 0.3) is 0 Å². The molecule has 2 aromatic carbocycles. The van der Waals surface area contributed by atoms with Crippen molar-refractivity contribution in [1.29, 1.82) is 0 Å². The SMILES string of the molecule is CCOc1cc(CNC(C)(C)c2ccc3c(c2)OCO3)cc(Cl)c1OC. The monoisotopic (exact) mass is 377 g/mol. The second kappa shape index (κ2) is 7.64. The molecule has 6 heteroatoms. The van der Waals surface area contributed by atoms with Crippen molar-refractivity contribution in [3.05, 3.63) is 46.5 Å². The smallest absolute Gasteiger partial charge is 0.231 e. The number of ether oxygens (including phenoxy) is 4. The summed E-state index contributed by atoms with van der Waals surface area (Å²) < 4.78 is 21.9. The molecule has 0 aromatic heterocycles. The number of hydrogen-bond acceptors (Lipinski definition) is 5. The Morgan fingerprint density at radius 1 is 1.15 bits per heavy atom. The van der Waals surface area contributed by atoms with Crippen LogP contribution < -0.4 is 24.3 Å². The van der Waals surface area contributed by atoms with E-state index in [-0.39, 0.29) is 12.3 Å². The first-order valence-corrected chi connectivity index (χ1v) is 8.96. The molecule has 5 nitrogen and oxygen atoms in total. The van der Waals surface area contributed by atoms with E-state index in [9.17, 15) is 0 Å². The summed E-state index contributed by atoms with van der Waals surface area (Å²) in [6.45, 7) is 7.63. The molecule has 0 fully saturated rings. The molecular formula is C20H24ClNO4. The molecule has 3 rings (SSSR count). The molecule has 1 N–H and O–H groups in total. The van der Waals surface area contributed by atoms with Crippen LogP contribution in [0.3, 0.4) is 0 Å². The maximum atomic E-state index is 6.34. The normalized spacial score (nSPS) is 13.0. The molecule has 1 aliphatic rings. The fourth-order valence-corrected chi connectivity index (χ4v) is 3.21. The average Bonchev–Trinajstić information content (AvgIpc) is 3.08. The fourth-order valence-electron chi connectivity index (χ4n) is 2.89. The molecule has 2 aromatic rings. The van der Waals surface area contributed by atoms with Crippen LogP contribution in [0.1, 0.15) is 31.9 Å². The molecule has 0 saturated carbocycles. The molecule has 0 radical (unpaired) electrons. The fraction of sp³-hybridized carbons (Fsp3) is 0.400. The summed E-state index contributed by atoms with van der Waals surface area (Å²) in [7, 11) is 1.59. The van der Waals surface area contributed by atoms with Gasteiger partial charge in [0, 0.05) is 12.1 Å². The number of benzene rings is 2. The van der Waals surface area contributed by atoms with Crippen LogP contribution in [-0.4, -0.2) is 20.5 Å². The molecule has 0 spiro atoms. The Morgan fingerprint density at radius 2 is 1.92 bits per heavy atom. The molecule has 140 valence electrons. The number of rotatable bonds is 7. The van der Waals surface area contributed by atoms with Gasteiger partial charge in [-0.1, -0.05) is 17.7 Å². The molecular weight excluding hydrogens is 354 g/mol. The van der Waals surface area contributed by atoms with Crippen molar-refractivity contribution in [1.82, 2.24) is 5.32 Å². The Bertz CT molecular complexity index is 792. The van der Waals surface area contributed by atoms with Crippen molar-refractivity contribution in [2.45, 2.75) is 32.9 Å². The van der Waals surface area contributed by atoms with E-state index < -0.39 is 0 Å². The predicted molar refractivity (Wildman–Crippen MR) is 102 cm³/mol. The molecule has 0 amide bonds. The van der Waals surface area contributed by atoms with Gasteiger partial charge in [-0.3, -0.25) is 0 Å². The van der Waals surface area contributed by atoms with Crippen molar-refractivity contribution < 1.29 is 18.9 Å². The number of halogens is 1. The summed E-state index contributed by atoms with van der Waals surface area (Å²) in [5.74, 6) is 2.78. The van der Waals surface area contributed by atoms with E-state index in [0.717, 1.165) is 22.6 Å². The largest absolute Gasteiger partial charge is 0.491 e. The van der Waals surface area contributed by atoms with Gasteiger partial charge in [-0.25, -0.2) is 0 Å². The van der Waals surface area contributed by atoms with E-state index >= 15 is 0 Å². The molecule has 1 heterocycles. The second-order valence-electron chi connectivity index (χ2n) is 6.59. The van der Waals surface area contributed by atoms with Gasteiger partial charge in [0.2, 0.25) is 6.79 Å². The molecule has 0 unspecified atom stereocenters. The first kappa shape index (κ1) is 18.7. The van der Waals surface area contributed by atoms with Crippen LogP contribution in [0.5, 0.6) is 23.0 Å². The van der Waals surface area contributed by atoms with Gasteiger partial charge in [0.05, 0.1) is 18.7 Å². The third-order valence-electron chi connectivity index (χ3n) is 4.40. The quantitative estimate of drug-likeness (QED) is 0.769. The zero-order valence-corrected chi connectivity index (χ0v) is 16.3. The van der Waals surface area contributed by atoms with Gasteiger partial charge in [-0.05, 0) is 56.2 Å². The van der Waals surface area contributed by atoms with Crippen molar-refractivity contribution in [3.63, 3.8) is 0 Å². The first-order valence-electron chi connectivity index (χ1n) is 8.59. The predicted octanol–water partition coefficient (Wildman–Crippen LogP) is 4.50. The van der Waals surface area contributed by atoms with Crippen LogP contribution in [0.4, 0.5) is 0 Å². The first-order chi connectivity index (χ1) is 12.4. The van der Waals surface area contributed by atoms with Gasteiger partial charge >= 0.3 is 0 Å². The summed E-state index contributed by atoms with van der Waals surface area (Å²) in [6, 6.07) is 9.86. The van der Waals surface area contributed by atoms with Crippen LogP contribution >= 0.6 is 11.6 Å². The summed E-state index contributed by atoms with van der Waals surface area (Å²) >= 11 is 6.34. The Balaban J connectivity index is 1.77. The van der Waals surface area contributed by atoms with E-state index in [4.69, 9.17) is 30.5 Å². The summed E-state index contributed by atoms with van der Waals surface area (Å²) in [4.78, 5) is 0. The molecule has 1 aliphatic heterocycles. The number of hydrogen-bond donors (Lipinski definition) is 1. The zero-order valence-electron chi connectivity index (χ0n) is 15.5. The highest BCUT2D eigenvalue weighted by atomic mass is 35.5. The highest BCUT2D eigenvalue weighted by Gasteiger charge is 2.24. The lowest BCUT2D eigenvalue weighted by Crippen LogP contribution is -2.35. The summed E-state index contributed by atoms with van der Waals surface area (Å²) in [5.41, 5.74) is 1.87. The number of fused-ring (bicyclic) bond motifs is 1. The Labute approximate surface area is 159 Å². The lowest BCUT2D eigenvalue weighted by atomic mass is 9.93. The minimum Gasteiger partial charge on any atom is -0.491 e. The molecule has 0 atom stereocenters. The molecule has 0 saturated heterocycles. The minimum absolute atomic E-state index is 0.265. The maximum absolute atomic E-state index is 6.34. The maximum Gasteiger partial charge on any atom is 0.231 e. The van der Waals surface area contributed by atoms with Crippen molar-refractivity contribution in [2.75, 3.05) is 20.5 Å². The summed E-state index contributed by atoms with van der Waals surface area (Å²) in [5, 5.41) is 4.10. The van der Waals surface area contributed by atoms with Crippen LogP contribution in [0.2, 0.25) is 5.02 Å². The van der Waals surface area contributed by atoms with Gasteiger partial charge in [-0.15, -0.1) is 0 Å². The lowest BCUT2D eigenvalue weighted by Gasteiger charge is -2.27. The Kier molecular flexibility index (Phi) is 5.49. The van der Waals surface area contributed by atoms with Crippen molar-refractivity contribution in [3.8, 4) is 23.0 Å². The highest BCUT2D eigenvalue weighted by molar-refractivity contribution is 6.32. The molecule has 26 heavy (non-hydrogen) atoms. The van der Waals surface area contributed by atoms with Crippen LogP contribution in [-0.2, 0) is 12.1 Å². The minimum atomic E-state index is -0.265. The lowest BCUT2D eigenvalue weighted by molar-refractivity contribution is 0.174. The van der Waals surface area contributed by atoms with Crippen LogP contribution in [0.25, 0.3) is 0 Å². The van der Waals surface area contributed by atoms with E-state index in [0.29, 0.717) is 29.7 Å². The van der Waals surface area contributed by atoms with E-state index in [1.165, 1.54) is 0 Å². The zero-order chi connectivity index (χ0) is 18.7. The van der Waals surface area contributed by atoms with Gasteiger partial charge in [-0.2, -0.15) is 0 Å². The van der Waals surface area contributed by atoms with Crippen molar-refractivity contribution >= 4 is 11.6 Å². The van der Waals surface area contributed by atoms with Gasteiger partial charge in [0.1, 0.15) is 0 Å². The van der Waals surface area contributed by atoms with Crippen LogP contribution in [0, 0.1) is 0 Å². The third-order valence-corrected chi connectivity index (χ3v) is 4.68. The summed E-state index contributed by atoms with van der Waals surface area (Å²) in [6.07, 6.45) is 0. The van der Waals surface area contributed by atoms with Gasteiger partial charge < -0.3 is 24.3 Å². The third kappa shape index (κ3) is 3.84. The number of methoxy groups -OCH3 is 1. The van der Waals surface area contributed by atoms with Crippen LogP contribution in [0.15, 0.2) is 30.3 Å². The van der Waals surface area contributed by atoms with Gasteiger partial charge in [0.15, 0.2) is 23.0 Å². The average molecular weight is 378 g/mol. The molecule has 0 bridgehead atoms. The highest BCUT2D eigenvalue weighted by Crippen LogP contribution is 2.38. The Morgan fingerprint density at radius 3 is 2.65 bits per heavy atom. The van der Waals surface area contributed by atoms with E-state index in [1.54, 1.807) is 7.11 Å². The topological polar surface area (TPSA) is 49.0 Å². The standard InChI is InChI=1S/C20H24ClNO4/c1-5-24-18-9-13(8-15(21)19(18)23-4)11-22-20(2,3)14-6-7-16-17(10-14)26-12-25-16/h6-10,22H,5,11-12H2,1-4H3. The van der Waals surface area contributed by atoms with Crippen molar-refractivity contribution in [2.24, 2.45) is 0 Å². The number of nitrogens with one attached hydrogen (secondary N) is 1.